The quantitative estimate of drug-likeness (QED) is 0.738. The lowest BCUT2D eigenvalue weighted by Gasteiger charge is -2.19. The molecule has 0 aliphatic carbocycles. The maximum Gasteiger partial charge on any atom is 0.328 e. The summed E-state index contributed by atoms with van der Waals surface area (Å²) in [4.78, 5) is 22.7. The molecule has 1 aromatic rings. The van der Waals surface area contributed by atoms with E-state index in [1.54, 1.807) is 24.3 Å². The number of carboxylic acid groups (broad SMARTS) is 1. The average Bonchev–Trinajstić information content (AvgIpc) is 3.09. The van der Waals surface area contributed by atoms with Gasteiger partial charge in [0.25, 0.3) is 0 Å². The second-order valence-corrected chi connectivity index (χ2v) is 5.67. The molecular formula is C16H18N2O3. The molecule has 2 fully saturated rings. The molecule has 2 aliphatic rings. The van der Waals surface area contributed by atoms with Crippen molar-refractivity contribution >= 4 is 23.6 Å². The fraction of sp³-hybridized carbons (Fsp3) is 0.375. The Morgan fingerprint density at radius 1 is 1.24 bits per heavy atom. The summed E-state index contributed by atoms with van der Waals surface area (Å²) in [7, 11) is 0. The summed E-state index contributed by atoms with van der Waals surface area (Å²) < 4.78 is 0. The van der Waals surface area contributed by atoms with Crippen LogP contribution in [-0.4, -0.2) is 29.1 Å². The number of benzene rings is 1. The zero-order valence-corrected chi connectivity index (χ0v) is 11.6. The van der Waals surface area contributed by atoms with Gasteiger partial charge in [0.15, 0.2) is 0 Å². The molecule has 3 N–H and O–H groups in total. The van der Waals surface area contributed by atoms with E-state index in [1.807, 2.05) is 0 Å². The van der Waals surface area contributed by atoms with Gasteiger partial charge >= 0.3 is 5.97 Å². The summed E-state index contributed by atoms with van der Waals surface area (Å²) in [5.41, 5.74) is 1.53. The molecule has 1 amide bonds. The minimum Gasteiger partial charge on any atom is -0.478 e. The molecule has 2 saturated heterocycles. The normalized spacial score (nSPS) is 27.1. The van der Waals surface area contributed by atoms with E-state index < -0.39 is 5.97 Å². The van der Waals surface area contributed by atoms with Crippen LogP contribution in [-0.2, 0) is 9.59 Å². The fourth-order valence-corrected chi connectivity index (χ4v) is 3.19. The second-order valence-electron chi connectivity index (χ2n) is 5.67. The molecule has 3 rings (SSSR count). The van der Waals surface area contributed by atoms with E-state index >= 15 is 0 Å². The summed E-state index contributed by atoms with van der Waals surface area (Å²) in [6.07, 6.45) is 5.80. The molecule has 0 aromatic heterocycles. The van der Waals surface area contributed by atoms with Gasteiger partial charge in [-0.2, -0.15) is 0 Å². The third-order valence-corrected chi connectivity index (χ3v) is 4.23. The van der Waals surface area contributed by atoms with Crippen molar-refractivity contribution in [3.63, 3.8) is 0 Å². The van der Waals surface area contributed by atoms with Gasteiger partial charge in [0.2, 0.25) is 5.91 Å². The number of rotatable bonds is 4. The molecule has 2 aliphatic heterocycles. The number of carbonyl (C=O) groups excluding carboxylic acids is 1. The number of amides is 1. The number of carbonyl (C=O) groups is 2. The largest absolute Gasteiger partial charge is 0.478 e. The Morgan fingerprint density at radius 2 is 2.00 bits per heavy atom. The molecule has 2 heterocycles. The van der Waals surface area contributed by atoms with E-state index in [9.17, 15) is 9.59 Å². The number of hydrogen-bond donors (Lipinski definition) is 3. The molecule has 21 heavy (non-hydrogen) atoms. The van der Waals surface area contributed by atoms with E-state index in [2.05, 4.69) is 10.6 Å². The number of hydrogen-bond acceptors (Lipinski definition) is 3. The van der Waals surface area contributed by atoms with Crippen LogP contribution in [0.4, 0.5) is 5.69 Å². The molecule has 3 atom stereocenters. The van der Waals surface area contributed by atoms with Crippen molar-refractivity contribution in [1.29, 1.82) is 0 Å². The van der Waals surface area contributed by atoms with Gasteiger partial charge in [0, 0.05) is 23.8 Å². The van der Waals surface area contributed by atoms with Crippen LogP contribution >= 0.6 is 0 Å². The number of carboxylic acids is 1. The van der Waals surface area contributed by atoms with Crippen LogP contribution in [0.25, 0.3) is 6.08 Å². The first-order valence-corrected chi connectivity index (χ1v) is 7.20. The molecule has 0 spiro atoms. The van der Waals surface area contributed by atoms with Gasteiger partial charge < -0.3 is 15.7 Å². The van der Waals surface area contributed by atoms with Gasteiger partial charge in [-0.05, 0) is 43.0 Å². The first-order valence-electron chi connectivity index (χ1n) is 7.20. The molecule has 0 saturated carbocycles. The van der Waals surface area contributed by atoms with Gasteiger partial charge in [-0.3, -0.25) is 4.79 Å². The molecular weight excluding hydrogens is 268 g/mol. The molecule has 3 unspecified atom stereocenters. The van der Waals surface area contributed by atoms with Crippen molar-refractivity contribution in [2.75, 3.05) is 5.32 Å². The van der Waals surface area contributed by atoms with Gasteiger partial charge in [-0.25, -0.2) is 4.79 Å². The highest BCUT2D eigenvalue weighted by Gasteiger charge is 2.42. The maximum absolute atomic E-state index is 12.3. The molecule has 5 heteroatoms. The zero-order valence-electron chi connectivity index (χ0n) is 11.6. The highest BCUT2D eigenvalue weighted by molar-refractivity contribution is 5.93. The lowest BCUT2D eigenvalue weighted by Crippen LogP contribution is -2.32. The van der Waals surface area contributed by atoms with Gasteiger partial charge in [0.05, 0.1) is 5.92 Å². The third kappa shape index (κ3) is 3.13. The zero-order chi connectivity index (χ0) is 14.8. The Labute approximate surface area is 123 Å². The summed E-state index contributed by atoms with van der Waals surface area (Å²) >= 11 is 0. The van der Waals surface area contributed by atoms with E-state index in [4.69, 9.17) is 5.11 Å². The molecule has 110 valence electrons. The number of aliphatic carboxylic acids is 1. The Morgan fingerprint density at radius 3 is 2.57 bits per heavy atom. The first-order chi connectivity index (χ1) is 10.1. The predicted molar refractivity (Wildman–Crippen MR) is 79.8 cm³/mol. The van der Waals surface area contributed by atoms with Gasteiger partial charge in [0.1, 0.15) is 0 Å². The predicted octanol–water partition coefficient (Wildman–Crippen LogP) is 1.86. The van der Waals surface area contributed by atoms with Crippen LogP contribution in [0.3, 0.4) is 0 Å². The molecule has 1 aromatic carbocycles. The average molecular weight is 286 g/mol. The Bertz CT molecular complexity index is 580. The van der Waals surface area contributed by atoms with Crippen molar-refractivity contribution in [1.82, 2.24) is 5.32 Å². The number of anilines is 1. The lowest BCUT2D eigenvalue weighted by molar-refractivity contribution is -0.131. The second kappa shape index (κ2) is 5.69. The first kappa shape index (κ1) is 13.8. The van der Waals surface area contributed by atoms with E-state index in [-0.39, 0.29) is 11.8 Å². The molecule has 5 nitrogen and oxygen atoms in total. The Hall–Kier alpha value is -2.14. The Balaban J connectivity index is 1.60. The van der Waals surface area contributed by atoms with Crippen molar-refractivity contribution in [3.05, 3.63) is 35.9 Å². The van der Waals surface area contributed by atoms with E-state index in [0.717, 1.165) is 30.2 Å². The summed E-state index contributed by atoms with van der Waals surface area (Å²) in [5.74, 6) is -0.838. The lowest BCUT2D eigenvalue weighted by atomic mass is 9.88. The summed E-state index contributed by atoms with van der Waals surface area (Å²) in [6.45, 7) is 0. The highest BCUT2D eigenvalue weighted by atomic mass is 16.4. The minimum atomic E-state index is -0.976. The van der Waals surface area contributed by atoms with Crippen molar-refractivity contribution in [3.8, 4) is 0 Å². The van der Waals surface area contributed by atoms with Crippen LogP contribution < -0.4 is 10.6 Å². The standard InChI is InChI=1S/C16H18N2O3/c19-15(20)8-3-10-1-4-11(5-2-10)18-16(21)13-9-12-6-7-14(13)17-12/h1-5,8,12-14,17H,6-7,9H2,(H,18,21)(H,19,20)/b8-3+. The SMILES string of the molecule is O=C(O)/C=C/c1ccc(NC(=O)C2CC3CCC2N3)cc1. The third-order valence-electron chi connectivity index (χ3n) is 4.23. The van der Waals surface area contributed by atoms with Crippen molar-refractivity contribution in [2.45, 2.75) is 31.3 Å². The van der Waals surface area contributed by atoms with Crippen LogP contribution in [0.15, 0.2) is 30.3 Å². The smallest absolute Gasteiger partial charge is 0.328 e. The monoisotopic (exact) mass is 286 g/mol. The molecule has 2 bridgehead atoms. The minimum absolute atomic E-state index is 0.0651. The van der Waals surface area contributed by atoms with Crippen molar-refractivity contribution < 1.29 is 14.7 Å². The fourth-order valence-electron chi connectivity index (χ4n) is 3.19. The van der Waals surface area contributed by atoms with E-state index in [0.29, 0.717) is 12.1 Å². The van der Waals surface area contributed by atoms with Crippen LogP contribution in [0.1, 0.15) is 24.8 Å². The Kier molecular flexibility index (Phi) is 3.75. The number of nitrogens with one attached hydrogen (secondary N) is 2. The number of fused-ring (bicyclic) bond motifs is 2. The summed E-state index contributed by atoms with van der Waals surface area (Å²) in [6, 6.07) is 7.99. The van der Waals surface area contributed by atoms with E-state index in [1.165, 1.54) is 12.5 Å². The van der Waals surface area contributed by atoms with Gasteiger partial charge in [-0.1, -0.05) is 12.1 Å². The van der Waals surface area contributed by atoms with Gasteiger partial charge in [-0.15, -0.1) is 0 Å². The maximum atomic E-state index is 12.3. The topological polar surface area (TPSA) is 78.4 Å². The molecule has 0 radical (unpaired) electrons. The van der Waals surface area contributed by atoms with Crippen LogP contribution in [0.5, 0.6) is 0 Å². The van der Waals surface area contributed by atoms with Crippen molar-refractivity contribution in [2.24, 2.45) is 5.92 Å². The van der Waals surface area contributed by atoms with Crippen LogP contribution in [0.2, 0.25) is 0 Å². The highest BCUT2D eigenvalue weighted by Crippen LogP contribution is 2.33. The summed E-state index contributed by atoms with van der Waals surface area (Å²) in [5, 5.41) is 15.0. The van der Waals surface area contributed by atoms with Crippen LogP contribution in [0, 0.1) is 5.92 Å².